The van der Waals surface area contributed by atoms with E-state index in [4.69, 9.17) is 15.2 Å². The van der Waals surface area contributed by atoms with E-state index in [1.165, 1.54) is 29.1 Å². The quantitative estimate of drug-likeness (QED) is 0.0620. The summed E-state index contributed by atoms with van der Waals surface area (Å²) in [5.41, 5.74) is 4.57. The molecule has 5 rings (SSSR count). The van der Waals surface area contributed by atoms with E-state index in [0.29, 0.717) is 0 Å². The third-order valence-electron chi connectivity index (χ3n) is 6.71. The maximum absolute atomic E-state index is 12.3. The summed E-state index contributed by atoms with van der Waals surface area (Å²) in [5, 5.41) is 41.4. The molecule has 1 amide bonds. The molecule has 3 aromatic heterocycles. The van der Waals surface area contributed by atoms with E-state index in [0.717, 1.165) is 17.2 Å². The van der Waals surface area contributed by atoms with Crippen LogP contribution in [0.3, 0.4) is 0 Å². The predicted molar refractivity (Wildman–Crippen MR) is 133 cm³/mol. The smallest absolute Gasteiger partial charge is 0.756 e. The molecule has 45 heavy (non-hydrogen) atoms. The molecular formula is C21H25N6NaO15P2. The van der Waals surface area contributed by atoms with Gasteiger partial charge in [0.15, 0.2) is 35.9 Å². The van der Waals surface area contributed by atoms with E-state index in [-0.39, 0.29) is 46.3 Å². The van der Waals surface area contributed by atoms with Gasteiger partial charge in [-0.15, -0.1) is 0 Å². The number of aliphatic hydroxyl groups is 4. The fourth-order valence-electron chi connectivity index (χ4n) is 4.56. The molecule has 0 saturated carbocycles. The van der Waals surface area contributed by atoms with Gasteiger partial charge in [-0.25, -0.2) is 14.3 Å². The Kier molecular flexibility index (Phi) is 11.1. The Morgan fingerprint density at radius 2 is 1.67 bits per heavy atom. The van der Waals surface area contributed by atoms with E-state index in [1.807, 2.05) is 0 Å². The Balaban J connectivity index is 0.00000461. The van der Waals surface area contributed by atoms with Crippen molar-refractivity contribution in [1.82, 2.24) is 19.5 Å². The number of phosphoric ester groups is 2. The van der Waals surface area contributed by atoms with Crippen molar-refractivity contribution in [2.24, 2.45) is 5.73 Å². The molecule has 10 atom stereocenters. The zero-order chi connectivity index (χ0) is 32.0. The number of hydrogen-bond acceptors (Lipinski definition) is 17. The molecule has 0 aromatic carbocycles. The van der Waals surface area contributed by atoms with Crippen LogP contribution in [-0.2, 0) is 32.0 Å². The van der Waals surface area contributed by atoms with Crippen LogP contribution >= 0.6 is 15.6 Å². The van der Waals surface area contributed by atoms with Gasteiger partial charge >= 0.3 is 29.6 Å². The molecular weight excluding hydrogens is 661 g/mol. The second-order valence-electron chi connectivity index (χ2n) is 9.62. The third-order valence-corrected chi connectivity index (χ3v) is 9.24. The van der Waals surface area contributed by atoms with Crippen LogP contribution in [-0.4, -0.2) is 95.7 Å². The van der Waals surface area contributed by atoms with Crippen molar-refractivity contribution in [3.63, 3.8) is 0 Å². The Morgan fingerprint density at radius 3 is 2.31 bits per heavy atom. The van der Waals surface area contributed by atoms with Gasteiger partial charge in [0.1, 0.15) is 36.1 Å². The van der Waals surface area contributed by atoms with Crippen molar-refractivity contribution in [3.8, 4) is 0 Å². The van der Waals surface area contributed by atoms with Gasteiger partial charge in [0.2, 0.25) is 0 Å². The van der Waals surface area contributed by atoms with Crippen LogP contribution in [0.25, 0.3) is 11.2 Å². The summed E-state index contributed by atoms with van der Waals surface area (Å²) < 4.78 is 50.8. The number of carbonyl (C=O) groups excluding carboxylic acids is 1. The van der Waals surface area contributed by atoms with E-state index < -0.39 is 89.4 Å². The zero-order valence-corrected chi connectivity index (χ0v) is 26.8. The Bertz CT molecular complexity index is 1690. The number of nitrogens with one attached hydrogen (secondary N) is 1. The van der Waals surface area contributed by atoms with Gasteiger partial charge in [0.05, 0.1) is 25.9 Å². The minimum absolute atomic E-state index is 0. The second-order valence-corrected chi connectivity index (χ2v) is 12.6. The predicted octanol–water partition coefficient (Wildman–Crippen LogP) is -7.56. The van der Waals surface area contributed by atoms with E-state index in [9.17, 15) is 48.9 Å². The summed E-state index contributed by atoms with van der Waals surface area (Å²) in [5.74, 6) is -0.784. The average molecular weight is 686 g/mol. The number of rotatable bonds is 11. The number of imidazole rings is 1. The SMILES string of the molecule is NC(=O)c1ccc[n+]([C@@H]2O[C@H](COP(=O)([O-])OP(=O)([O-])OC[C@H]3O[C@@H](n4cnc5c(=O)[nH]cnc54)[C@H](O)[C@@H]3O)[C@@H](O)[C@H]2O)c1.[Na+]. The van der Waals surface area contributed by atoms with E-state index in [1.54, 1.807) is 0 Å². The van der Waals surface area contributed by atoms with Crippen LogP contribution in [0.1, 0.15) is 22.8 Å². The summed E-state index contributed by atoms with van der Waals surface area (Å²) in [6.45, 7) is -2.02. The molecule has 0 spiro atoms. The van der Waals surface area contributed by atoms with Crippen molar-refractivity contribution in [2.45, 2.75) is 49.1 Å². The van der Waals surface area contributed by atoms with Gasteiger partial charge in [0.25, 0.3) is 33.3 Å². The maximum atomic E-state index is 12.3. The number of hydrogen-bond donors (Lipinski definition) is 6. The topological polar surface area (TPSA) is 318 Å². The number of primary amides is 1. The number of phosphoric acid groups is 2. The first-order valence-corrected chi connectivity index (χ1v) is 15.5. The Hall–Kier alpha value is -2.01. The number of carbonyl (C=O) groups is 1. The zero-order valence-electron chi connectivity index (χ0n) is 23.0. The van der Waals surface area contributed by atoms with E-state index in [2.05, 4.69) is 28.3 Å². The maximum Gasteiger partial charge on any atom is 1.00 e. The largest absolute Gasteiger partial charge is 1.00 e. The molecule has 2 saturated heterocycles. The van der Waals surface area contributed by atoms with Crippen molar-refractivity contribution >= 4 is 32.7 Å². The summed E-state index contributed by atoms with van der Waals surface area (Å²) >= 11 is 0. The number of pyridine rings is 1. The summed E-state index contributed by atoms with van der Waals surface area (Å²) in [4.78, 5) is 57.9. The first-order valence-electron chi connectivity index (χ1n) is 12.5. The van der Waals surface area contributed by atoms with Gasteiger partial charge in [-0.3, -0.25) is 23.3 Å². The third kappa shape index (κ3) is 7.77. The van der Waals surface area contributed by atoms with Crippen LogP contribution in [0, 0.1) is 0 Å². The van der Waals surface area contributed by atoms with Gasteiger partial charge < -0.3 is 59.5 Å². The number of aromatic nitrogens is 5. The Morgan fingerprint density at radius 1 is 1.04 bits per heavy atom. The molecule has 2 aliphatic rings. The van der Waals surface area contributed by atoms with Crippen molar-refractivity contribution in [2.75, 3.05) is 13.2 Å². The summed E-state index contributed by atoms with van der Waals surface area (Å²) in [6, 6.07) is 2.79. The number of fused-ring (bicyclic) bond motifs is 1. The Labute approximate surface area is 273 Å². The number of nitrogens with zero attached hydrogens (tertiary/aromatic N) is 4. The number of amides is 1. The van der Waals surface area contributed by atoms with Gasteiger partial charge in [0, 0.05) is 6.07 Å². The van der Waals surface area contributed by atoms with Crippen LogP contribution in [0.5, 0.6) is 0 Å². The first-order chi connectivity index (χ1) is 20.7. The van der Waals surface area contributed by atoms with Crippen LogP contribution in [0.4, 0.5) is 0 Å². The van der Waals surface area contributed by atoms with Crippen LogP contribution in [0.2, 0.25) is 0 Å². The van der Waals surface area contributed by atoms with Gasteiger partial charge in [-0.2, -0.15) is 4.57 Å². The van der Waals surface area contributed by atoms with Gasteiger partial charge in [-0.1, -0.05) is 0 Å². The number of ether oxygens (including phenoxy) is 2. The molecule has 24 heteroatoms. The fraction of sp³-hybridized carbons (Fsp3) is 0.476. The van der Waals surface area contributed by atoms with Crippen molar-refractivity contribution in [1.29, 1.82) is 0 Å². The number of aromatic amines is 1. The molecule has 3 aromatic rings. The van der Waals surface area contributed by atoms with E-state index >= 15 is 0 Å². The minimum atomic E-state index is -5.70. The summed E-state index contributed by atoms with van der Waals surface area (Å²) in [7, 11) is -11.4. The molecule has 7 N–H and O–H groups in total. The number of nitrogens with two attached hydrogens (primary N) is 1. The molecule has 240 valence electrons. The monoisotopic (exact) mass is 686 g/mol. The molecule has 2 unspecified atom stereocenters. The normalized spacial score (nSPS) is 30.9. The average Bonchev–Trinajstić information content (AvgIpc) is 3.61. The van der Waals surface area contributed by atoms with Crippen LogP contribution < -0.4 is 55.2 Å². The summed E-state index contributed by atoms with van der Waals surface area (Å²) in [6.07, 6.45) is -7.67. The first kappa shape index (κ1) is 35.8. The molecule has 0 radical (unpaired) electrons. The number of H-pyrrole nitrogens is 1. The molecule has 5 heterocycles. The van der Waals surface area contributed by atoms with Gasteiger partial charge in [-0.05, 0) is 6.07 Å². The molecule has 0 bridgehead atoms. The molecule has 2 aliphatic heterocycles. The minimum Gasteiger partial charge on any atom is -0.756 e. The standard InChI is InChI=1S/C21H26N6O15P2.Na/c22-17(32)9-2-1-3-26(4-9)20-15(30)13(28)10(40-20)5-38-43(34,35)42-44(36,37)39-6-11-14(29)16(31)21(41-11)27-8-25-12-18(27)23-7-24-19(12)33;/h1-4,7-8,10-11,13-16,20-21,28-31H,5-6H2,(H4-,22,23,24,32,33,34,35,36,37);/q;+1/p-1/t10-,11-,13-,14-,15-,16-,20-,21-;/m1./s1. The van der Waals surface area contributed by atoms with Crippen molar-refractivity contribution < 1.29 is 101 Å². The second kappa shape index (κ2) is 14.0. The molecule has 2 fully saturated rings. The van der Waals surface area contributed by atoms with Crippen LogP contribution in [0.15, 0.2) is 42.0 Å². The molecule has 21 nitrogen and oxygen atoms in total. The molecule has 0 aliphatic carbocycles. The fourth-order valence-corrected chi connectivity index (χ4v) is 6.57. The van der Waals surface area contributed by atoms with Crippen molar-refractivity contribution in [3.05, 3.63) is 53.1 Å². The number of aliphatic hydroxyl groups excluding tert-OH is 4.